The first-order chi connectivity index (χ1) is 9.70. The summed E-state index contributed by atoms with van der Waals surface area (Å²) in [5, 5.41) is 3.56. The number of rotatable bonds is 3. The van der Waals surface area contributed by atoms with Gasteiger partial charge < -0.3 is 15.0 Å². The van der Waals surface area contributed by atoms with Crippen LogP contribution in [0.5, 0.6) is 5.75 Å². The maximum atomic E-state index is 5.55. The minimum atomic E-state index is 0.110. The van der Waals surface area contributed by atoms with Crippen LogP contribution in [0.15, 0.2) is 24.5 Å². The van der Waals surface area contributed by atoms with Crippen molar-refractivity contribution >= 4 is 0 Å². The molecule has 4 nitrogen and oxygen atoms in total. The first-order valence-electron chi connectivity index (χ1n) is 7.14. The fourth-order valence-corrected chi connectivity index (χ4v) is 2.81. The summed E-state index contributed by atoms with van der Waals surface area (Å²) in [6, 6.07) is 6.55. The van der Waals surface area contributed by atoms with Crippen molar-refractivity contribution in [1.82, 2.24) is 15.3 Å². The molecule has 0 aliphatic carbocycles. The predicted molar refractivity (Wildman–Crippen MR) is 79.2 cm³/mol. The van der Waals surface area contributed by atoms with Gasteiger partial charge in [-0.25, -0.2) is 4.98 Å². The molecular formula is C16H21N3O. The lowest BCUT2D eigenvalue weighted by Crippen LogP contribution is -2.31. The zero-order valence-corrected chi connectivity index (χ0v) is 12.2. The van der Waals surface area contributed by atoms with Crippen LogP contribution in [0.25, 0.3) is 0 Å². The second-order valence-corrected chi connectivity index (χ2v) is 5.56. The van der Waals surface area contributed by atoms with Gasteiger partial charge in [-0.3, -0.25) is 0 Å². The molecule has 3 rings (SSSR count). The van der Waals surface area contributed by atoms with Gasteiger partial charge in [-0.2, -0.15) is 0 Å². The van der Waals surface area contributed by atoms with Crippen LogP contribution < -0.4 is 10.1 Å². The topological polar surface area (TPSA) is 49.9 Å². The van der Waals surface area contributed by atoms with Gasteiger partial charge in [0.15, 0.2) is 0 Å². The lowest BCUT2D eigenvalue weighted by Gasteiger charge is -2.25. The molecule has 0 unspecified atom stereocenters. The number of hydrogen-bond donors (Lipinski definition) is 2. The summed E-state index contributed by atoms with van der Waals surface area (Å²) >= 11 is 0. The number of ether oxygens (including phenoxy) is 1. The quantitative estimate of drug-likeness (QED) is 0.902. The number of H-pyrrole nitrogens is 1. The molecule has 1 aromatic carbocycles. The molecule has 1 atom stereocenters. The van der Waals surface area contributed by atoms with Crippen molar-refractivity contribution in [2.75, 3.05) is 13.7 Å². The zero-order chi connectivity index (χ0) is 14.1. The van der Waals surface area contributed by atoms with E-state index in [-0.39, 0.29) is 6.04 Å². The molecule has 106 valence electrons. The Morgan fingerprint density at radius 3 is 2.95 bits per heavy atom. The number of aromatic nitrogens is 2. The molecule has 20 heavy (non-hydrogen) atoms. The average molecular weight is 271 g/mol. The molecule has 1 aliphatic rings. The number of hydrogen-bond acceptors (Lipinski definition) is 3. The van der Waals surface area contributed by atoms with Gasteiger partial charge in [-0.05, 0) is 23.6 Å². The normalized spacial score (nSPS) is 18.1. The van der Waals surface area contributed by atoms with Crippen LogP contribution >= 0.6 is 0 Å². The van der Waals surface area contributed by atoms with Gasteiger partial charge in [-0.1, -0.05) is 19.9 Å². The number of aromatic amines is 1. The third-order valence-corrected chi connectivity index (χ3v) is 3.98. The van der Waals surface area contributed by atoms with Crippen LogP contribution in [0.4, 0.5) is 0 Å². The molecule has 1 aromatic heterocycles. The van der Waals surface area contributed by atoms with Gasteiger partial charge in [0, 0.05) is 24.2 Å². The van der Waals surface area contributed by atoms with Gasteiger partial charge in [-0.15, -0.1) is 0 Å². The number of benzene rings is 1. The van der Waals surface area contributed by atoms with E-state index in [2.05, 4.69) is 47.3 Å². The molecule has 0 amide bonds. The summed E-state index contributed by atoms with van der Waals surface area (Å²) in [7, 11) is 1.72. The maximum Gasteiger partial charge on any atom is 0.124 e. The molecule has 2 N–H and O–H groups in total. The summed E-state index contributed by atoms with van der Waals surface area (Å²) in [5.41, 5.74) is 4.82. The molecule has 0 fully saturated rings. The van der Waals surface area contributed by atoms with Gasteiger partial charge >= 0.3 is 0 Å². The van der Waals surface area contributed by atoms with Crippen molar-refractivity contribution in [3.8, 4) is 5.75 Å². The van der Waals surface area contributed by atoms with E-state index in [1.807, 2.05) is 0 Å². The van der Waals surface area contributed by atoms with Crippen molar-refractivity contribution in [2.24, 2.45) is 0 Å². The van der Waals surface area contributed by atoms with E-state index >= 15 is 0 Å². The van der Waals surface area contributed by atoms with E-state index in [0.29, 0.717) is 5.92 Å². The summed E-state index contributed by atoms with van der Waals surface area (Å²) in [4.78, 5) is 7.73. The molecular weight excluding hydrogens is 250 g/mol. The Morgan fingerprint density at radius 2 is 2.20 bits per heavy atom. The van der Waals surface area contributed by atoms with Crippen LogP contribution in [-0.4, -0.2) is 23.6 Å². The number of imidazole rings is 1. The van der Waals surface area contributed by atoms with Crippen LogP contribution in [0.3, 0.4) is 0 Å². The summed E-state index contributed by atoms with van der Waals surface area (Å²) in [5.74, 6) is 1.42. The number of fused-ring (bicyclic) bond motifs is 1. The van der Waals surface area contributed by atoms with E-state index in [1.165, 1.54) is 16.8 Å². The highest BCUT2D eigenvalue weighted by Gasteiger charge is 2.26. The second-order valence-electron chi connectivity index (χ2n) is 5.56. The van der Waals surface area contributed by atoms with Crippen LogP contribution in [-0.2, 0) is 6.42 Å². The highest BCUT2D eigenvalue weighted by molar-refractivity contribution is 5.45. The van der Waals surface area contributed by atoms with Crippen molar-refractivity contribution in [2.45, 2.75) is 32.2 Å². The van der Waals surface area contributed by atoms with E-state index < -0.39 is 0 Å². The highest BCUT2D eigenvalue weighted by atomic mass is 16.5. The first kappa shape index (κ1) is 13.2. The standard InChI is InChI=1S/C16H21N3O/c1-10(2)11-4-5-14(20-3)12(8-11)15-16-13(6-7-17-15)18-9-19-16/h4-5,8-10,15,17H,6-7H2,1-3H3,(H,18,19)/t15-/m1/s1. The fourth-order valence-electron chi connectivity index (χ4n) is 2.81. The second kappa shape index (κ2) is 5.29. The van der Waals surface area contributed by atoms with Crippen molar-refractivity contribution in [3.05, 3.63) is 47.0 Å². The van der Waals surface area contributed by atoms with Gasteiger partial charge in [0.1, 0.15) is 5.75 Å². The zero-order valence-electron chi connectivity index (χ0n) is 12.2. The van der Waals surface area contributed by atoms with Crippen molar-refractivity contribution < 1.29 is 4.74 Å². The van der Waals surface area contributed by atoms with Crippen LogP contribution in [0, 0.1) is 0 Å². The minimum Gasteiger partial charge on any atom is -0.496 e. The first-order valence-corrected chi connectivity index (χ1v) is 7.14. The smallest absolute Gasteiger partial charge is 0.124 e. The summed E-state index contributed by atoms with van der Waals surface area (Å²) < 4.78 is 5.55. The Kier molecular flexibility index (Phi) is 3.49. The predicted octanol–water partition coefficient (Wildman–Crippen LogP) is 2.78. The number of nitrogens with zero attached hydrogens (tertiary/aromatic N) is 1. The van der Waals surface area contributed by atoms with Gasteiger partial charge in [0.25, 0.3) is 0 Å². The van der Waals surface area contributed by atoms with Crippen LogP contribution in [0.1, 0.15) is 48.3 Å². The Labute approximate surface area is 119 Å². The lowest BCUT2D eigenvalue weighted by atomic mass is 9.93. The molecule has 0 bridgehead atoms. The van der Waals surface area contributed by atoms with E-state index in [1.54, 1.807) is 13.4 Å². The molecule has 0 saturated heterocycles. The Balaban J connectivity index is 2.08. The molecule has 0 radical (unpaired) electrons. The molecule has 4 heteroatoms. The van der Waals surface area contributed by atoms with E-state index in [9.17, 15) is 0 Å². The Bertz CT molecular complexity index is 604. The van der Waals surface area contributed by atoms with E-state index in [0.717, 1.165) is 24.4 Å². The highest BCUT2D eigenvalue weighted by Crippen LogP contribution is 2.34. The average Bonchev–Trinajstić information content (AvgIpc) is 2.94. The van der Waals surface area contributed by atoms with E-state index in [4.69, 9.17) is 4.74 Å². The fraction of sp³-hybridized carbons (Fsp3) is 0.438. The molecule has 0 spiro atoms. The monoisotopic (exact) mass is 271 g/mol. The molecule has 2 heterocycles. The minimum absolute atomic E-state index is 0.110. The largest absolute Gasteiger partial charge is 0.496 e. The molecule has 0 saturated carbocycles. The Hall–Kier alpha value is -1.81. The lowest BCUT2D eigenvalue weighted by molar-refractivity contribution is 0.401. The maximum absolute atomic E-state index is 5.55. The molecule has 1 aliphatic heterocycles. The third-order valence-electron chi connectivity index (χ3n) is 3.98. The SMILES string of the molecule is COc1ccc(C(C)C)cc1[C@H]1NCCc2[nH]cnc21. The third kappa shape index (κ3) is 2.20. The van der Waals surface area contributed by atoms with Gasteiger partial charge in [0.05, 0.1) is 25.2 Å². The van der Waals surface area contributed by atoms with Crippen molar-refractivity contribution in [1.29, 1.82) is 0 Å². The number of nitrogens with one attached hydrogen (secondary N) is 2. The van der Waals surface area contributed by atoms with Crippen molar-refractivity contribution in [3.63, 3.8) is 0 Å². The summed E-state index contributed by atoms with van der Waals surface area (Å²) in [6.07, 6.45) is 2.78. The molecule has 2 aromatic rings. The van der Waals surface area contributed by atoms with Gasteiger partial charge in [0.2, 0.25) is 0 Å². The Morgan fingerprint density at radius 1 is 1.35 bits per heavy atom. The number of methoxy groups -OCH3 is 1. The summed E-state index contributed by atoms with van der Waals surface area (Å²) in [6.45, 7) is 5.37. The van der Waals surface area contributed by atoms with Crippen LogP contribution in [0.2, 0.25) is 0 Å².